The minimum atomic E-state index is -4.14. The van der Waals surface area contributed by atoms with Gasteiger partial charge in [0.15, 0.2) is 5.96 Å². The summed E-state index contributed by atoms with van der Waals surface area (Å²) in [5.74, 6) is 0.445. The smallest absolute Gasteiger partial charge is 0.357 e. The highest BCUT2D eigenvalue weighted by Gasteiger charge is 2.26. The maximum absolute atomic E-state index is 12.2. The van der Waals surface area contributed by atoms with Crippen LogP contribution in [0, 0.1) is 0 Å². The zero-order valence-corrected chi connectivity index (χ0v) is 17.6. The number of halogens is 4. The van der Waals surface area contributed by atoms with Crippen molar-refractivity contribution in [1.29, 1.82) is 0 Å². The van der Waals surface area contributed by atoms with Gasteiger partial charge in [-0.05, 0) is 39.0 Å². The Bertz CT molecular complexity index is 522. The van der Waals surface area contributed by atoms with Crippen LogP contribution in [0.3, 0.4) is 0 Å². The van der Waals surface area contributed by atoms with Gasteiger partial charge < -0.3 is 10.6 Å². The van der Waals surface area contributed by atoms with Crippen LogP contribution in [0.15, 0.2) is 4.99 Å². The second-order valence-electron chi connectivity index (χ2n) is 5.84. The van der Waals surface area contributed by atoms with E-state index in [9.17, 15) is 13.2 Å². The second kappa shape index (κ2) is 11.2. The van der Waals surface area contributed by atoms with E-state index in [0.717, 1.165) is 30.7 Å². The molecule has 0 saturated heterocycles. The standard InChI is InChI=1S/C16H25F3N4S.HI/c1-2-20-15(22-11-9-16(17,18)19)21-10-5-8-14-23-12-6-3-4-7-13(12)24-14;/h2-11H2,1H3,(H2,20,21,22);1H. The Morgan fingerprint density at radius 1 is 1.24 bits per heavy atom. The number of nitrogens with zero attached hydrogens (tertiary/aromatic N) is 2. The van der Waals surface area contributed by atoms with Crippen LogP contribution in [0.1, 0.15) is 48.2 Å². The molecule has 0 spiro atoms. The zero-order chi connectivity index (χ0) is 17.4. The largest absolute Gasteiger partial charge is 0.390 e. The number of rotatable bonds is 7. The second-order valence-corrected chi connectivity index (χ2v) is 7.01. The van der Waals surface area contributed by atoms with Gasteiger partial charge in [0, 0.05) is 30.9 Å². The zero-order valence-electron chi connectivity index (χ0n) is 14.4. The maximum atomic E-state index is 12.2. The third-order valence-electron chi connectivity index (χ3n) is 3.75. The molecule has 2 N–H and O–H groups in total. The number of guanidine groups is 1. The molecular weight excluding hydrogens is 464 g/mol. The Morgan fingerprint density at radius 2 is 2.00 bits per heavy atom. The molecular formula is C16H26F3IN4S. The van der Waals surface area contributed by atoms with E-state index in [0.29, 0.717) is 19.0 Å². The summed E-state index contributed by atoms with van der Waals surface area (Å²) < 4.78 is 36.5. The van der Waals surface area contributed by atoms with E-state index in [4.69, 9.17) is 4.98 Å². The quantitative estimate of drug-likeness (QED) is 0.262. The minimum Gasteiger partial charge on any atom is -0.357 e. The third kappa shape index (κ3) is 8.57. The molecule has 1 aliphatic rings. The van der Waals surface area contributed by atoms with Crippen LogP contribution in [0.4, 0.5) is 13.2 Å². The Morgan fingerprint density at radius 3 is 2.68 bits per heavy atom. The highest BCUT2D eigenvalue weighted by molar-refractivity contribution is 14.0. The predicted octanol–water partition coefficient (Wildman–Crippen LogP) is 4.08. The molecule has 0 bridgehead atoms. The predicted molar refractivity (Wildman–Crippen MR) is 107 cm³/mol. The Balaban J connectivity index is 0.00000312. The van der Waals surface area contributed by atoms with Gasteiger partial charge in [0.1, 0.15) is 0 Å². The highest BCUT2D eigenvalue weighted by atomic mass is 127. The van der Waals surface area contributed by atoms with Crippen molar-refractivity contribution in [2.24, 2.45) is 4.99 Å². The lowest BCUT2D eigenvalue weighted by molar-refractivity contribution is -0.132. The molecule has 0 radical (unpaired) electrons. The Kier molecular flexibility index (Phi) is 10.1. The van der Waals surface area contributed by atoms with Gasteiger partial charge in [-0.2, -0.15) is 13.2 Å². The van der Waals surface area contributed by atoms with Crippen LogP contribution < -0.4 is 10.6 Å². The monoisotopic (exact) mass is 490 g/mol. The number of nitrogens with one attached hydrogen (secondary N) is 2. The molecule has 1 aliphatic carbocycles. The molecule has 9 heteroatoms. The Labute approximate surface area is 168 Å². The molecule has 0 atom stereocenters. The van der Waals surface area contributed by atoms with Gasteiger partial charge in [-0.3, -0.25) is 4.99 Å². The summed E-state index contributed by atoms with van der Waals surface area (Å²) in [7, 11) is 0. The van der Waals surface area contributed by atoms with E-state index in [1.165, 1.54) is 23.4 Å². The summed E-state index contributed by atoms with van der Waals surface area (Å²) in [6, 6.07) is 0. The molecule has 0 aromatic carbocycles. The molecule has 2 rings (SSSR count). The molecule has 25 heavy (non-hydrogen) atoms. The number of alkyl halides is 3. The van der Waals surface area contributed by atoms with Crippen LogP contribution in [0.5, 0.6) is 0 Å². The molecule has 1 heterocycles. The topological polar surface area (TPSA) is 49.3 Å². The average Bonchev–Trinajstić information content (AvgIpc) is 2.93. The fourth-order valence-corrected chi connectivity index (χ4v) is 3.80. The van der Waals surface area contributed by atoms with E-state index >= 15 is 0 Å². The van der Waals surface area contributed by atoms with Crippen LogP contribution >= 0.6 is 35.3 Å². The molecule has 0 saturated carbocycles. The van der Waals surface area contributed by atoms with Gasteiger partial charge in [0.25, 0.3) is 0 Å². The first kappa shape index (κ1) is 22.5. The van der Waals surface area contributed by atoms with Crippen molar-refractivity contribution in [3.63, 3.8) is 0 Å². The van der Waals surface area contributed by atoms with E-state index in [1.807, 2.05) is 6.92 Å². The van der Waals surface area contributed by atoms with Crippen LogP contribution in [-0.4, -0.2) is 36.8 Å². The van der Waals surface area contributed by atoms with E-state index in [1.54, 1.807) is 11.3 Å². The summed E-state index contributed by atoms with van der Waals surface area (Å²) in [5, 5.41) is 6.85. The van der Waals surface area contributed by atoms with Gasteiger partial charge in [-0.15, -0.1) is 35.3 Å². The normalized spacial score (nSPS) is 14.6. The maximum Gasteiger partial charge on any atom is 0.390 e. The van der Waals surface area contributed by atoms with Crippen molar-refractivity contribution in [2.75, 3.05) is 19.6 Å². The lowest BCUT2D eigenvalue weighted by Crippen LogP contribution is -2.39. The van der Waals surface area contributed by atoms with Crippen molar-refractivity contribution >= 4 is 41.3 Å². The van der Waals surface area contributed by atoms with E-state index < -0.39 is 12.6 Å². The summed E-state index contributed by atoms with van der Waals surface area (Å²) in [6.07, 6.45) is 1.46. The highest BCUT2D eigenvalue weighted by Crippen LogP contribution is 2.27. The van der Waals surface area contributed by atoms with Crippen LogP contribution in [0.25, 0.3) is 0 Å². The molecule has 0 unspecified atom stereocenters. The number of fused-ring (bicyclic) bond motifs is 1. The Hall–Kier alpha value is -0.580. The van der Waals surface area contributed by atoms with Gasteiger partial charge in [-0.25, -0.2) is 4.98 Å². The van der Waals surface area contributed by atoms with Gasteiger partial charge in [-0.1, -0.05) is 0 Å². The number of thiazole rings is 1. The van der Waals surface area contributed by atoms with E-state index in [2.05, 4.69) is 15.6 Å². The van der Waals surface area contributed by atoms with Gasteiger partial charge >= 0.3 is 6.18 Å². The van der Waals surface area contributed by atoms with Crippen molar-refractivity contribution in [2.45, 2.75) is 58.0 Å². The number of aliphatic imine (C=N–C) groups is 1. The lowest BCUT2D eigenvalue weighted by Gasteiger charge is -2.12. The molecule has 1 aromatic rings. The fourth-order valence-electron chi connectivity index (χ4n) is 2.60. The first-order chi connectivity index (χ1) is 11.5. The number of hydrogen-bond acceptors (Lipinski definition) is 3. The lowest BCUT2D eigenvalue weighted by atomic mass is 10.0. The molecule has 0 aliphatic heterocycles. The number of aryl methyl sites for hydroxylation is 3. The fraction of sp³-hybridized carbons (Fsp3) is 0.750. The average molecular weight is 490 g/mol. The van der Waals surface area contributed by atoms with Crippen LogP contribution in [-0.2, 0) is 19.3 Å². The van der Waals surface area contributed by atoms with E-state index in [-0.39, 0.29) is 30.5 Å². The summed E-state index contributed by atoms with van der Waals surface area (Å²) in [6.45, 7) is 2.93. The SMILES string of the molecule is CCNC(=NCCCc1nc2c(s1)CCCC2)NCCC(F)(F)F.I. The van der Waals surface area contributed by atoms with Crippen molar-refractivity contribution in [1.82, 2.24) is 15.6 Å². The van der Waals surface area contributed by atoms with Gasteiger partial charge in [0.2, 0.25) is 0 Å². The molecule has 4 nitrogen and oxygen atoms in total. The van der Waals surface area contributed by atoms with Crippen LogP contribution in [0.2, 0.25) is 0 Å². The first-order valence-electron chi connectivity index (χ1n) is 8.54. The third-order valence-corrected chi connectivity index (χ3v) is 4.97. The first-order valence-corrected chi connectivity index (χ1v) is 9.36. The number of aromatic nitrogens is 1. The van der Waals surface area contributed by atoms with Crippen molar-refractivity contribution < 1.29 is 13.2 Å². The van der Waals surface area contributed by atoms with Crippen molar-refractivity contribution in [3.8, 4) is 0 Å². The molecule has 0 fully saturated rings. The molecule has 1 aromatic heterocycles. The molecule has 0 amide bonds. The van der Waals surface area contributed by atoms with Crippen molar-refractivity contribution in [3.05, 3.63) is 15.6 Å². The molecule has 144 valence electrons. The minimum absolute atomic E-state index is 0. The number of hydrogen-bond donors (Lipinski definition) is 2. The summed E-state index contributed by atoms with van der Waals surface area (Å²) >= 11 is 1.81. The summed E-state index contributed by atoms with van der Waals surface area (Å²) in [5.41, 5.74) is 1.27. The summed E-state index contributed by atoms with van der Waals surface area (Å²) in [4.78, 5) is 10.5. The van der Waals surface area contributed by atoms with Gasteiger partial charge in [0.05, 0.1) is 17.1 Å².